The van der Waals surface area contributed by atoms with Crippen LogP contribution >= 0.6 is 0 Å². The molecular weight excluding hydrogens is 256 g/mol. The van der Waals surface area contributed by atoms with Crippen LogP contribution in [0.2, 0.25) is 0 Å². The zero-order valence-corrected chi connectivity index (χ0v) is 12.6. The van der Waals surface area contributed by atoms with E-state index in [1.165, 1.54) is 0 Å². The van der Waals surface area contributed by atoms with Gasteiger partial charge in [0, 0.05) is 38.4 Å². The molecular formula is C16H26O4. The summed E-state index contributed by atoms with van der Waals surface area (Å²) >= 11 is 0. The zero-order valence-electron chi connectivity index (χ0n) is 12.6. The molecule has 0 aromatic carbocycles. The quantitative estimate of drug-likeness (QED) is 0.576. The van der Waals surface area contributed by atoms with Crippen molar-refractivity contribution in [3.8, 4) is 0 Å². The Morgan fingerprint density at radius 3 is 2.65 bits per heavy atom. The normalized spacial score (nSPS) is 18.9. The first-order valence-electron chi connectivity index (χ1n) is 7.19. The van der Waals surface area contributed by atoms with Crippen molar-refractivity contribution in [2.75, 3.05) is 19.8 Å². The van der Waals surface area contributed by atoms with Gasteiger partial charge in [0.15, 0.2) is 0 Å². The molecule has 4 nitrogen and oxygen atoms in total. The second-order valence-corrected chi connectivity index (χ2v) is 5.56. The first kappa shape index (κ1) is 16.9. The van der Waals surface area contributed by atoms with Gasteiger partial charge in [-0.05, 0) is 26.3 Å². The molecule has 0 aliphatic carbocycles. The third kappa shape index (κ3) is 5.47. The third-order valence-electron chi connectivity index (χ3n) is 3.73. The summed E-state index contributed by atoms with van der Waals surface area (Å²) in [5, 5.41) is 10.6. The van der Waals surface area contributed by atoms with Crippen LogP contribution in [0.3, 0.4) is 0 Å². The predicted octanol–water partition coefficient (Wildman–Crippen LogP) is 2.62. The molecule has 20 heavy (non-hydrogen) atoms. The summed E-state index contributed by atoms with van der Waals surface area (Å²) in [6, 6.07) is 0. The maximum Gasteiger partial charge on any atom is 0.306 e. The molecule has 0 aromatic rings. The molecule has 0 radical (unpaired) electrons. The van der Waals surface area contributed by atoms with Crippen LogP contribution in [0.1, 0.15) is 39.5 Å². The number of rotatable bonds is 7. The molecule has 0 unspecified atom stereocenters. The highest BCUT2D eigenvalue weighted by Gasteiger charge is 2.36. The van der Waals surface area contributed by atoms with E-state index >= 15 is 0 Å². The van der Waals surface area contributed by atoms with E-state index in [2.05, 4.69) is 6.58 Å². The summed E-state index contributed by atoms with van der Waals surface area (Å²) in [7, 11) is 0. The maximum atomic E-state index is 11.6. The second kappa shape index (κ2) is 8.22. The summed E-state index contributed by atoms with van der Waals surface area (Å²) in [6.45, 7) is 9.14. The van der Waals surface area contributed by atoms with Gasteiger partial charge in [0.2, 0.25) is 0 Å². The van der Waals surface area contributed by atoms with Crippen LogP contribution in [0.5, 0.6) is 0 Å². The number of hydrogen-bond donors (Lipinski definition) is 1. The maximum absolute atomic E-state index is 11.6. The molecule has 1 fully saturated rings. The van der Waals surface area contributed by atoms with Gasteiger partial charge in [0.1, 0.15) is 6.61 Å². The summed E-state index contributed by atoms with van der Waals surface area (Å²) in [4.78, 5) is 11.6. The fraction of sp³-hybridized carbons (Fsp3) is 0.688. The Bertz CT molecular complexity index is 349. The topological polar surface area (TPSA) is 55.8 Å². The number of carbonyl (C=O) groups excluding carboxylic acids is 1. The molecule has 4 heteroatoms. The van der Waals surface area contributed by atoms with E-state index in [-0.39, 0.29) is 11.9 Å². The van der Waals surface area contributed by atoms with Crippen LogP contribution in [0.25, 0.3) is 0 Å². The Morgan fingerprint density at radius 1 is 1.45 bits per heavy atom. The van der Waals surface area contributed by atoms with Gasteiger partial charge in [0.25, 0.3) is 0 Å². The first-order chi connectivity index (χ1) is 9.48. The van der Waals surface area contributed by atoms with Gasteiger partial charge in [-0.3, -0.25) is 4.79 Å². The van der Waals surface area contributed by atoms with E-state index in [4.69, 9.17) is 9.47 Å². The molecule has 0 aromatic heterocycles. The van der Waals surface area contributed by atoms with Crippen LogP contribution < -0.4 is 0 Å². The SMILES string of the molecule is C=C[C@@H](CCC(=O)OCC=C(C)C)C1(O)CCOCC1. The van der Waals surface area contributed by atoms with Crippen molar-refractivity contribution in [2.24, 2.45) is 5.92 Å². The molecule has 0 saturated carbocycles. The molecule has 1 saturated heterocycles. The van der Waals surface area contributed by atoms with Gasteiger partial charge in [-0.1, -0.05) is 11.6 Å². The van der Waals surface area contributed by atoms with E-state index in [1.807, 2.05) is 19.9 Å². The molecule has 0 amide bonds. The van der Waals surface area contributed by atoms with Crippen LogP contribution in [-0.2, 0) is 14.3 Å². The van der Waals surface area contributed by atoms with Gasteiger partial charge in [-0.15, -0.1) is 6.58 Å². The Hall–Kier alpha value is -1.13. The molecule has 114 valence electrons. The van der Waals surface area contributed by atoms with Gasteiger partial charge in [-0.2, -0.15) is 0 Å². The van der Waals surface area contributed by atoms with Crippen molar-refractivity contribution in [1.82, 2.24) is 0 Å². The number of ether oxygens (including phenoxy) is 2. The Morgan fingerprint density at radius 2 is 2.10 bits per heavy atom. The molecule has 1 N–H and O–H groups in total. The van der Waals surface area contributed by atoms with Crippen molar-refractivity contribution >= 4 is 5.97 Å². The second-order valence-electron chi connectivity index (χ2n) is 5.56. The molecule has 0 spiro atoms. The molecule has 1 heterocycles. The lowest BCUT2D eigenvalue weighted by molar-refractivity contribution is -0.143. The summed E-state index contributed by atoms with van der Waals surface area (Å²) < 4.78 is 10.4. The van der Waals surface area contributed by atoms with Gasteiger partial charge >= 0.3 is 5.97 Å². The summed E-state index contributed by atoms with van der Waals surface area (Å²) in [5.41, 5.74) is 0.332. The molecule has 0 bridgehead atoms. The fourth-order valence-electron chi connectivity index (χ4n) is 2.35. The largest absolute Gasteiger partial charge is 0.461 e. The van der Waals surface area contributed by atoms with E-state index in [0.717, 1.165) is 5.57 Å². The first-order valence-corrected chi connectivity index (χ1v) is 7.19. The number of carbonyl (C=O) groups is 1. The Labute approximate surface area is 121 Å². The van der Waals surface area contributed by atoms with Crippen molar-refractivity contribution in [3.63, 3.8) is 0 Å². The molecule has 1 rings (SSSR count). The van der Waals surface area contributed by atoms with E-state index in [9.17, 15) is 9.90 Å². The van der Waals surface area contributed by atoms with Gasteiger partial charge in [-0.25, -0.2) is 0 Å². The molecule has 1 aliphatic heterocycles. The monoisotopic (exact) mass is 282 g/mol. The highest BCUT2D eigenvalue weighted by atomic mass is 16.5. The molecule has 1 aliphatic rings. The minimum Gasteiger partial charge on any atom is -0.461 e. The van der Waals surface area contributed by atoms with E-state index in [1.54, 1.807) is 6.08 Å². The van der Waals surface area contributed by atoms with Crippen LogP contribution in [-0.4, -0.2) is 36.5 Å². The Kier molecular flexibility index (Phi) is 6.96. The van der Waals surface area contributed by atoms with Crippen molar-refractivity contribution in [1.29, 1.82) is 0 Å². The number of hydrogen-bond acceptors (Lipinski definition) is 4. The van der Waals surface area contributed by atoms with Crippen LogP contribution in [0, 0.1) is 5.92 Å². The van der Waals surface area contributed by atoms with E-state index in [0.29, 0.717) is 45.5 Å². The lowest BCUT2D eigenvalue weighted by Gasteiger charge is -2.37. The van der Waals surface area contributed by atoms with Crippen molar-refractivity contribution in [2.45, 2.75) is 45.1 Å². The van der Waals surface area contributed by atoms with Crippen LogP contribution in [0.15, 0.2) is 24.3 Å². The minimum atomic E-state index is -0.791. The lowest BCUT2D eigenvalue weighted by atomic mass is 9.78. The lowest BCUT2D eigenvalue weighted by Crippen LogP contribution is -2.42. The summed E-state index contributed by atoms with van der Waals surface area (Å²) in [6.07, 6.45) is 5.67. The highest BCUT2D eigenvalue weighted by molar-refractivity contribution is 5.69. The minimum absolute atomic E-state index is 0.0950. The average molecular weight is 282 g/mol. The highest BCUT2D eigenvalue weighted by Crippen LogP contribution is 2.32. The standard InChI is InChI=1S/C16H26O4/c1-4-14(16(18)8-11-19-12-9-16)5-6-15(17)20-10-7-13(2)3/h4,7,14,18H,1,5-6,8-12H2,2-3H3/t14-/m0/s1. The number of aliphatic hydroxyl groups is 1. The van der Waals surface area contributed by atoms with Gasteiger partial charge in [0.05, 0.1) is 5.60 Å². The number of esters is 1. The van der Waals surface area contributed by atoms with E-state index < -0.39 is 5.60 Å². The van der Waals surface area contributed by atoms with Crippen LogP contribution in [0.4, 0.5) is 0 Å². The van der Waals surface area contributed by atoms with Crippen molar-refractivity contribution < 1.29 is 19.4 Å². The average Bonchev–Trinajstić information content (AvgIpc) is 2.39. The van der Waals surface area contributed by atoms with Crippen molar-refractivity contribution in [3.05, 3.63) is 24.3 Å². The zero-order chi connectivity index (χ0) is 15.0. The summed E-state index contributed by atoms with van der Waals surface area (Å²) in [5.74, 6) is -0.326. The Balaban J connectivity index is 2.39. The smallest absolute Gasteiger partial charge is 0.306 e. The predicted molar refractivity (Wildman–Crippen MR) is 78.3 cm³/mol. The van der Waals surface area contributed by atoms with Gasteiger partial charge < -0.3 is 14.6 Å². The third-order valence-corrected chi connectivity index (χ3v) is 3.73. The molecule has 1 atom stereocenters. The fourth-order valence-corrected chi connectivity index (χ4v) is 2.35. The number of allylic oxidation sites excluding steroid dienone is 1.